The minimum Gasteiger partial charge on any atom is -0.353 e. The van der Waals surface area contributed by atoms with Crippen LogP contribution in [0.3, 0.4) is 0 Å². The molecule has 1 aliphatic carbocycles. The molecule has 0 atom stereocenters. The van der Waals surface area contributed by atoms with E-state index in [1.54, 1.807) is 0 Å². The van der Waals surface area contributed by atoms with Gasteiger partial charge in [0.05, 0.1) is 11.1 Å². The summed E-state index contributed by atoms with van der Waals surface area (Å²) in [7, 11) is 0. The van der Waals surface area contributed by atoms with Crippen molar-refractivity contribution in [1.29, 1.82) is 5.26 Å². The molecule has 1 aromatic heterocycles. The number of anilines is 1. The molecule has 0 amide bonds. The number of fused-ring (bicyclic) bond motifs is 1. The number of benzene rings is 1. The first-order chi connectivity index (χ1) is 9.69. The summed E-state index contributed by atoms with van der Waals surface area (Å²) in [5.74, 6) is 1.62. The lowest BCUT2D eigenvalue weighted by Gasteiger charge is -2.29. The first-order valence-electron chi connectivity index (χ1n) is 7.25. The molecular weight excluding hydrogens is 246 g/mol. The number of para-hydroxylation sites is 1. The van der Waals surface area contributed by atoms with Crippen molar-refractivity contribution in [2.75, 3.05) is 11.4 Å². The van der Waals surface area contributed by atoms with E-state index in [0.29, 0.717) is 11.6 Å². The summed E-state index contributed by atoms with van der Waals surface area (Å²) >= 11 is 0. The van der Waals surface area contributed by atoms with Gasteiger partial charge in [0, 0.05) is 18.0 Å². The first kappa shape index (κ1) is 12.9. The predicted molar refractivity (Wildman–Crippen MR) is 81.7 cm³/mol. The molecule has 2 aromatic rings. The van der Waals surface area contributed by atoms with E-state index < -0.39 is 0 Å². The Morgan fingerprint density at radius 3 is 2.75 bits per heavy atom. The van der Waals surface area contributed by atoms with Crippen molar-refractivity contribution in [3.63, 3.8) is 0 Å². The fraction of sp³-hybridized carbons (Fsp3) is 0.412. The molecule has 1 heterocycles. The van der Waals surface area contributed by atoms with E-state index in [2.05, 4.69) is 24.8 Å². The van der Waals surface area contributed by atoms with Crippen LogP contribution in [0.2, 0.25) is 0 Å². The van der Waals surface area contributed by atoms with Crippen molar-refractivity contribution >= 4 is 16.7 Å². The van der Waals surface area contributed by atoms with Gasteiger partial charge in [0.25, 0.3) is 0 Å². The summed E-state index contributed by atoms with van der Waals surface area (Å²) in [6.07, 6.45) is 2.61. The maximum absolute atomic E-state index is 9.44. The van der Waals surface area contributed by atoms with Gasteiger partial charge in [-0.25, -0.2) is 4.98 Å². The van der Waals surface area contributed by atoms with Crippen LogP contribution in [0.25, 0.3) is 10.9 Å². The number of rotatable bonds is 4. The maximum Gasteiger partial charge on any atom is 0.147 e. The topological polar surface area (TPSA) is 39.9 Å². The van der Waals surface area contributed by atoms with Crippen LogP contribution in [0.15, 0.2) is 30.3 Å². The molecule has 0 unspecified atom stereocenters. The first-order valence-corrected chi connectivity index (χ1v) is 7.25. The van der Waals surface area contributed by atoms with Crippen molar-refractivity contribution in [1.82, 2.24) is 4.98 Å². The number of hydrogen-bond acceptors (Lipinski definition) is 3. The Balaban J connectivity index is 2.09. The van der Waals surface area contributed by atoms with E-state index in [1.165, 1.54) is 12.8 Å². The Hall–Kier alpha value is -2.08. The molecule has 0 spiro atoms. The van der Waals surface area contributed by atoms with Crippen LogP contribution in [0.1, 0.15) is 32.3 Å². The number of pyridine rings is 1. The van der Waals surface area contributed by atoms with E-state index in [0.717, 1.165) is 29.2 Å². The van der Waals surface area contributed by atoms with Crippen LogP contribution in [0, 0.1) is 17.2 Å². The van der Waals surface area contributed by atoms with Gasteiger partial charge < -0.3 is 4.90 Å². The van der Waals surface area contributed by atoms with Crippen molar-refractivity contribution in [3.05, 3.63) is 35.9 Å². The van der Waals surface area contributed by atoms with E-state index in [-0.39, 0.29) is 0 Å². The summed E-state index contributed by atoms with van der Waals surface area (Å²) < 4.78 is 0. The molecule has 0 radical (unpaired) electrons. The average Bonchev–Trinajstić information content (AvgIpc) is 3.27. The van der Waals surface area contributed by atoms with Gasteiger partial charge in [0.2, 0.25) is 0 Å². The second-order valence-corrected chi connectivity index (χ2v) is 5.85. The molecule has 20 heavy (non-hydrogen) atoms. The normalized spacial score (nSPS) is 14.5. The van der Waals surface area contributed by atoms with Gasteiger partial charge in [0.1, 0.15) is 11.9 Å². The van der Waals surface area contributed by atoms with Crippen LogP contribution in [0.4, 0.5) is 5.82 Å². The highest BCUT2D eigenvalue weighted by Gasteiger charge is 2.27. The Labute approximate surface area is 119 Å². The van der Waals surface area contributed by atoms with Crippen LogP contribution in [-0.4, -0.2) is 17.6 Å². The average molecular weight is 265 g/mol. The van der Waals surface area contributed by atoms with Gasteiger partial charge in [-0.3, -0.25) is 0 Å². The van der Waals surface area contributed by atoms with Gasteiger partial charge in [-0.1, -0.05) is 18.2 Å². The zero-order valence-electron chi connectivity index (χ0n) is 12.0. The van der Waals surface area contributed by atoms with Gasteiger partial charge in [0.15, 0.2) is 0 Å². The van der Waals surface area contributed by atoms with Crippen LogP contribution in [0.5, 0.6) is 0 Å². The predicted octanol–water partition coefficient (Wildman–Crippen LogP) is 3.73. The van der Waals surface area contributed by atoms with E-state index in [9.17, 15) is 5.26 Å². The SMILES string of the molecule is CC(C)N(CC1CC1)c1nc2ccccc2cc1C#N. The summed E-state index contributed by atoms with van der Waals surface area (Å²) in [6, 6.07) is 12.6. The molecule has 0 bridgehead atoms. The zero-order chi connectivity index (χ0) is 14.1. The molecule has 3 heteroatoms. The monoisotopic (exact) mass is 265 g/mol. The standard InChI is InChI=1S/C17H19N3/c1-12(2)20(11-13-7-8-13)17-15(10-18)9-14-5-3-4-6-16(14)19-17/h3-6,9,12-13H,7-8,11H2,1-2H3. The van der Waals surface area contributed by atoms with Gasteiger partial charge in [-0.15, -0.1) is 0 Å². The third-order valence-electron chi connectivity index (χ3n) is 3.87. The van der Waals surface area contributed by atoms with Crippen molar-refractivity contribution in [2.24, 2.45) is 5.92 Å². The summed E-state index contributed by atoms with van der Waals surface area (Å²) in [5, 5.41) is 10.5. The molecule has 1 aliphatic rings. The summed E-state index contributed by atoms with van der Waals surface area (Å²) in [5.41, 5.74) is 1.64. The molecule has 1 fully saturated rings. The molecule has 1 saturated carbocycles. The summed E-state index contributed by atoms with van der Waals surface area (Å²) in [6.45, 7) is 5.35. The molecule has 3 rings (SSSR count). The smallest absolute Gasteiger partial charge is 0.147 e. The van der Waals surface area contributed by atoms with Gasteiger partial charge >= 0.3 is 0 Å². The maximum atomic E-state index is 9.44. The Bertz CT molecular complexity index is 665. The highest BCUT2D eigenvalue weighted by Crippen LogP contribution is 2.33. The van der Waals surface area contributed by atoms with Crippen molar-refractivity contribution in [2.45, 2.75) is 32.7 Å². The number of hydrogen-bond donors (Lipinski definition) is 0. The van der Waals surface area contributed by atoms with Gasteiger partial charge in [-0.05, 0) is 44.7 Å². The number of nitrogens with zero attached hydrogens (tertiary/aromatic N) is 3. The molecular formula is C17H19N3. The molecule has 0 N–H and O–H groups in total. The second kappa shape index (κ2) is 5.13. The summed E-state index contributed by atoms with van der Waals surface area (Å²) in [4.78, 5) is 7.03. The molecule has 102 valence electrons. The van der Waals surface area contributed by atoms with Crippen molar-refractivity contribution in [3.8, 4) is 6.07 Å². The minimum absolute atomic E-state index is 0.358. The third-order valence-corrected chi connectivity index (χ3v) is 3.87. The van der Waals surface area contributed by atoms with E-state index >= 15 is 0 Å². The lowest BCUT2D eigenvalue weighted by molar-refractivity contribution is 0.637. The molecule has 0 aliphatic heterocycles. The van der Waals surface area contributed by atoms with E-state index in [1.807, 2.05) is 30.3 Å². The minimum atomic E-state index is 0.358. The highest BCUT2D eigenvalue weighted by molar-refractivity contribution is 5.83. The largest absolute Gasteiger partial charge is 0.353 e. The fourth-order valence-electron chi connectivity index (χ4n) is 2.53. The molecule has 0 saturated heterocycles. The van der Waals surface area contributed by atoms with Crippen molar-refractivity contribution < 1.29 is 0 Å². The van der Waals surface area contributed by atoms with E-state index in [4.69, 9.17) is 4.98 Å². The van der Waals surface area contributed by atoms with Crippen LogP contribution < -0.4 is 4.90 Å². The number of nitriles is 1. The van der Waals surface area contributed by atoms with Crippen LogP contribution in [-0.2, 0) is 0 Å². The quantitative estimate of drug-likeness (QED) is 0.845. The Kier molecular flexibility index (Phi) is 3.31. The lowest BCUT2D eigenvalue weighted by atomic mass is 10.1. The molecule has 3 nitrogen and oxygen atoms in total. The third kappa shape index (κ3) is 2.46. The number of aromatic nitrogens is 1. The highest BCUT2D eigenvalue weighted by atomic mass is 15.2. The van der Waals surface area contributed by atoms with Gasteiger partial charge in [-0.2, -0.15) is 5.26 Å². The second-order valence-electron chi connectivity index (χ2n) is 5.85. The Morgan fingerprint density at radius 1 is 1.35 bits per heavy atom. The fourth-order valence-corrected chi connectivity index (χ4v) is 2.53. The Morgan fingerprint density at radius 2 is 2.10 bits per heavy atom. The lowest BCUT2D eigenvalue weighted by Crippen LogP contribution is -2.34. The molecule has 1 aromatic carbocycles. The zero-order valence-corrected chi connectivity index (χ0v) is 12.0. The van der Waals surface area contributed by atoms with Crippen LogP contribution >= 0.6 is 0 Å².